The van der Waals surface area contributed by atoms with E-state index in [2.05, 4.69) is 56.9 Å². The Bertz CT molecular complexity index is 1380. The van der Waals surface area contributed by atoms with Crippen molar-refractivity contribution in [3.05, 3.63) is 90.3 Å². The summed E-state index contributed by atoms with van der Waals surface area (Å²) in [6.45, 7) is 0.618. The molecule has 0 saturated carbocycles. The van der Waals surface area contributed by atoms with Gasteiger partial charge in [-0.1, -0.05) is 78.9 Å². The Morgan fingerprint density at radius 3 is 2.30 bits per heavy atom. The molecule has 0 unspecified atom stereocenters. The van der Waals surface area contributed by atoms with Gasteiger partial charge in [0.2, 0.25) is 5.82 Å². The van der Waals surface area contributed by atoms with Gasteiger partial charge in [0.25, 0.3) is 0 Å². The number of terminal acetylenes is 1. The maximum atomic E-state index is 5.49. The highest BCUT2D eigenvalue weighted by Crippen LogP contribution is 2.30. The normalized spacial score (nSPS) is 10.8. The molecule has 2 heterocycles. The number of H-pyrrole nitrogens is 1. The number of tetrazole rings is 1. The van der Waals surface area contributed by atoms with E-state index >= 15 is 0 Å². The summed E-state index contributed by atoms with van der Waals surface area (Å²) >= 11 is 0. The van der Waals surface area contributed by atoms with Crippen LogP contribution in [0, 0.1) is 12.3 Å². The second-order valence-electron chi connectivity index (χ2n) is 7.56. The third-order valence-corrected chi connectivity index (χ3v) is 5.38. The quantitative estimate of drug-likeness (QED) is 0.386. The largest absolute Gasteiger partial charge is 0.245 e. The van der Waals surface area contributed by atoms with Gasteiger partial charge in [-0.05, 0) is 21.9 Å². The Kier molecular flexibility index (Phi) is 5.72. The van der Waals surface area contributed by atoms with E-state index in [4.69, 9.17) is 16.5 Å². The van der Waals surface area contributed by atoms with Crippen molar-refractivity contribution in [1.29, 1.82) is 0 Å². The molecule has 7 heteroatoms. The molecule has 7 nitrogen and oxygen atoms in total. The highest BCUT2D eigenvalue weighted by Gasteiger charge is 2.13. The minimum absolute atomic E-state index is 0.573. The molecular weight excluding hydrogens is 410 g/mol. The summed E-state index contributed by atoms with van der Waals surface area (Å²) in [7, 11) is 0. The van der Waals surface area contributed by atoms with Crippen LogP contribution in [0.3, 0.4) is 0 Å². The van der Waals surface area contributed by atoms with Crippen LogP contribution < -0.4 is 0 Å². The van der Waals surface area contributed by atoms with E-state index in [9.17, 15) is 0 Å². The van der Waals surface area contributed by atoms with E-state index in [1.165, 1.54) is 0 Å². The molecule has 3 aromatic carbocycles. The molecule has 0 aliphatic heterocycles. The Balaban J connectivity index is 1.42. The number of benzene rings is 3. The van der Waals surface area contributed by atoms with Crippen LogP contribution in [-0.2, 0) is 13.0 Å². The Hall–Kier alpha value is -4.57. The van der Waals surface area contributed by atoms with Crippen LogP contribution in [0.25, 0.3) is 33.9 Å². The van der Waals surface area contributed by atoms with Gasteiger partial charge in [0.05, 0.1) is 6.54 Å². The van der Waals surface area contributed by atoms with E-state index < -0.39 is 0 Å². The predicted molar refractivity (Wildman–Crippen MR) is 127 cm³/mol. The van der Waals surface area contributed by atoms with Gasteiger partial charge >= 0.3 is 0 Å². The van der Waals surface area contributed by atoms with E-state index in [0.717, 1.165) is 33.6 Å². The fourth-order valence-electron chi connectivity index (χ4n) is 3.75. The number of aromatic nitrogens is 7. The smallest absolute Gasteiger partial charge is 0.205 e. The average molecular weight is 432 g/mol. The van der Waals surface area contributed by atoms with Gasteiger partial charge in [-0.3, -0.25) is 0 Å². The maximum absolute atomic E-state index is 5.49. The van der Waals surface area contributed by atoms with Crippen LogP contribution in [0.1, 0.15) is 17.8 Å². The molecule has 5 rings (SSSR count). The maximum Gasteiger partial charge on any atom is 0.205 e. The number of rotatable bonds is 7. The van der Waals surface area contributed by atoms with Crippen LogP contribution in [-0.4, -0.2) is 35.4 Å². The van der Waals surface area contributed by atoms with Crippen molar-refractivity contribution in [2.75, 3.05) is 0 Å². The first-order valence-corrected chi connectivity index (χ1v) is 10.7. The molecule has 2 aromatic heterocycles. The zero-order chi connectivity index (χ0) is 22.5. The predicted octanol–water partition coefficient (Wildman–Crippen LogP) is 4.41. The van der Waals surface area contributed by atoms with Crippen LogP contribution in [0.15, 0.2) is 78.9 Å². The lowest BCUT2D eigenvalue weighted by Gasteiger charge is -2.09. The molecular formula is C26H21N7. The second kappa shape index (κ2) is 9.28. The Labute approximate surface area is 191 Å². The summed E-state index contributed by atoms with van der Waals surface area (Å²) in [6, 6.07) is 26.4. The topological polar surface area (TPSA) is 85.2 Å². The van der Waals surface area contributed by atoms with E-state index in [0.29, 0.717) is 31.0 Å². The lowest BCUT2D eigenvalue weighted by Crippen LogP contribution is -2.07. The lowest BCUT2D eigenvalue weighted by atomic mass is 9.98. The molecule has 0 amide bonds. The van der Waals surface area contributed by atoms with E-state index in [1.54, 1.807) is 0 Å². The van der Waals surface area contributed by atoms with Crippen molar-refractivity contribution in [3.63, 3.8) is 0 Å². The van der Waals surface area contributed by atoms with E-state index in [-0.39, 0.29) is 0 Å². The molecule has 0 aliphatic carbocycles. The van der Waals surface area contributed by atoms with E-state index in [1.807, 2.05) is 53.2 Å². The lowest BCUT2D eigenvalue weighted by molar-refractivity contribution is 0.638. The molecule has 0 radical (unpaired) electrons. The highest BCUT2D eigenvalue weighted by molar-refractivity contribution is 5.80. The van der Waals surface area contributed by atoms with Crippen molar-refractivity contribution in [1.82, 2.24) is 35.4 Å². The molecule has 0 atom stereocenters. The standard InChI is InChI=1S/C26H21N7/c1-2-3-13-24-27-25(21-9-5-4-6-10-21)30-33(24)18-19-14-16-20(17-15-19)22-11-7-8-12-23(22)26-28-31-32-29-26/h1,4-12,14-17H,3,13,18H2,(H,28,29,31,32). The monoisotopic (exact) mass is 431 g/mol. The number of aryl methyl sites for hydroxylation is 1. The van der Waals surface area contributed by atoms with Crippen LogP contribution in [0.5, 0.6) is 0 Å². The number of hydrogen-bond acceptors (Lipinski definition) is 5. The Morgan fingerprint density at radius 1 is 0.818 bits per heavy atom. The number of nitrogens with one attached hydrogen (secondary N) is 1. The zero-order valence-corrected chi connectivity index (χ0v) is 17.9. The third-order valence-electron chi connectivity index (χ3n) is 5.38. The first-order chi connectivity index (χ1) is 16.3. The summed E-state index contributed by atoms with van der Waals surface area (Å²) in [4.78, 5) is 4.75. The minimum atomic E-state index is 0.573. The molecule has 1 N–H and O–H groups in total. The van der Waals surface area contributed by atoms with Crippen molar-refractivity contribution < 1.29 is 0 Å². The molecule has 0 bridgehead atoms. The number of aromatic amines is 1. The minimum Gasteiger partial charge on any atom is -0.245 e. The zero-order valence-electron chi connectivity index (χ0n) is 17.9. The molecule has 0 aliphatic rings. The van der Waals surface area contributed by atoms with Crippen molar-refractivity contribution in [2.45, 2.75) is 19.4 Å². The molecule has 0 saturated heterocycles. The fraction of sp³-hybridized carbons (Fsp3) is 0.115. The van der Waals surface area contributed by atoms with Gasteiger partial charge < -0.3 is 0 Å². The first-order valence-electron chi connectivity index (χ1n) is 10.7. The summed E-state index contributed by atoms with van der Waals surface area (Å²) in [5.41, 5.74) is 5.18. The van der Waals surface area contributed by atoms with Crippen LogP contribution in [0.4, 0.5) is 0 Å². The SMILES string of the molecule is C#CCCc1nc(-c2ccccc2)nn1Cc1ccc(-c2ccccc2-c2nn[nH]n2)cc1. The van der Waals surface area contributed by atoms with Crippen molar-refractivity contribution >= 4 is 0 Å². The Morgan fingerprint density at radius 2 is 1.58 bits per heavy atom. The molecule has 0 fully saturated rings. The van der Waals surface area contributed by atoms with Crippen molar-refractivity contribution in [3.8, 4) is 46.2 Å². The van der Waals surface area contributed by atoms with Gasteiger partial charge in [0.15, 0.2) is 5.82 Å². The van der Waals surface area contributed by atoms with Gasteiger partial charge in [-0.15, -0.1) is 22.5 Å². The molecule has 5 aromatic rings. The van der Waals surface area contributed by atoms with Gasteiger partial charge in [-0.2, -0.15) is 10.3 Å². The summed E-state index contributed by atoms with van der Waals surface area (Å²) in [5.74, 6) is 4.88. The third kappa shape index (κ3) is 4.41. The molecule has 0 spiro atoms. The molecule has 33 heavy (non-hydrogen) atoms. The molecule has 160 valence electrons. The number of hydrogen-bond donors (Lipinski definition) is 1. The first kappa shape index (κ1) is 20.3. The van der Waals surface area contributed by atoms with Crippen molar-refractivity contribution in [2.24, 2.45) is 0 Å². The van der Waals surface area contributed by atoms with Gasteiger partial charge in [0, 0.05) is 24.0 Å². The average Bonchev–Trinajstić information content (AvgIpc) is 3.54. The number of nitrogens with zero attached hydrogens (tertiary/aromatic N) is 6. The van der Waals surface area contributed by atoms with Crippen LogP contribution in [0.2, 0.25) is 0 Å². The van der Waals surface area contributed by atoms with Crippen LogP contribution >= 0.6 is 0 Å². The summed E-state index contributed by atoms with van der Waals surface area (Å²) in [6.07, 6.45) is 6.80. The fourth-order valence-corrected chi connectivity index (χ4v) is 3.75. The summed E-state index contributed by atoms with van der Waals surface area (Å²) in [5, 5.41) is 19.2. The summed E-state index contributed by atoms with van der Waals surface area (Å²) < 4.78 is 1.95. The highest BCUT2D eigenvalue weighted by atomic mass is 15.5. The van der Waals surface area contributed by atoms with Gasteiger partial charge in [0.1, 0.15) is 5.82 Å². The van der Waals surface area contributed by atoms with Gasteiger partial charge in [-0.25, -0.2) is 9.67 Å². The second-order valence-corrected chi connectivity index (χ2v) is 7.56.